The third kappa shape index (κ3) is 4.50. The number of benzene rings is 2. The largest absolute Gasteiger partial charge is 0.492 e. The summed E-state index contributed by atoms with van der Waals surface area (Å²) in [6.45, 7) is 8.05. The number of alkyl carbamates (subject to hydrolysis) is 1. The van der Waals surface area contributed by atoms with Gasteiger partial charge in [0.2, 0.25) is 0 Å². The minimum Gasteiger partial charge on any atom is -0.449 e. The standard InChI is InChI=1S/C29H30BN5O5/c1-28(2)29(3,4)40-30(39-28)17(13-23-24-25(35-34-23)32-16-33-26(24)36)14-31-27(37)38-15-22-20-11-7-5-9-18(20)19-10-6-8-12-21(19)22/h5-13,16,22H,14-15H2,1-4H3,(H,31,37)(H2,32,33,34,35,36). The first-order valence-corrected chi connectivity index (χ1v) is 13.2. The smallest absolute Gasteiger partial charge is 0.449 e. The summed E-state index contributed by atoms with van der Waals surface area (Å²) in [5.74, 6) is -0.0492. The molecule has 0 spiro atoms. The Labute approximate surface area is 231 Å². The number of hydrogen-bond donors (Lipinski definition) is 3. The molecule has 204 valence electrons. The normalized spacial score (nSPS) is 17.6. The van der Waals surface area contributed by atoms with E-state index in [1.807, 2.05) is 52.0 Å². The zero-order valence-electron chi connectivity index (χ0n) is 22.8. The number of carbonyl (C=O) groups is 1. The van der Waals surface area contributed by atoms with Gasteiger partial charge in [0.25, 0.3) is 5.56 Å². The Bertz CT molecular complexity index is 1630. The summed E-state index contributed by atoms with van der Waals surface area (Å²) >= 11 is 0. The van der Waals surface area contributed by atoms with E-state index in [9.17, 15) is 9.59 Å². The van der Waals surface area contributed by atoms with Crippen molar-refractivity contribution in [3.63, 3.8) is 0 Å². The van der Waals surface area contributed by atoms with Crippen molar-refractivity contribution in [1.82, 2.24) is 25.5 Å². The van der Waals surface area contributed by atoms with Gasteiger partial charge in [-0.05, 0) is 61.5 Å². The number of hydrogen-bond acceptors (Lipinski definition) is 7. The lowest BCUT2D eigenvalue weighted by Crippen LogP contribution is -2.41. The van der Waals surface area contributed by atoms with Crippen molar-refractivity contribution in [3.8, 4) is 11.1 Å². The van der Waals surface area contributed by atoms with Gasteiger partial charge >= 0.3 is 13.2 Å². The molecule has 40 heavy (non-hydrogen) atoms. The van der Waals surface area contributed by atoms with Crippen molar-refractivity contribution in [2.75, 3.05) is 13.2 Å². The van der Waals surface area contributed by atoms with Gasteiger partial charge in [0, 0.05) is 12.5 Å². The summed E-state index contributed by atoms with van der Waals surface area (Å²) in [7, 11) is -0.770. The molecule has 2 aliphatic rings. The van der Waals surface area contributed by atoms with Gasteiger partial charge in [0.05, 0.1) is 23.2 Å². The van der Waals surface area contributed by atoms with E-state index in [-0.39, 0.29) is 30.3 Å². The molecule has 1 aliphatic carbocycles. The quantitative estimate of drug-likeness (QED) is 0.313. The molecule has 6 rings (SSSR count). The highest BCUT2D eigenvalue weighted by Crippen LogP contribution is 2.44. The molecule has 1 amide bonds. The van der Waals surface area contributed by atoms with Crippen LogP contribution in [0.2, 0.25) is 0 Å². The molecule has 0 unspecified atom stereocenters. The fourth-order valence-corrected chi connectivity index (χ4v) is 5.20. The van der Waals surface area contributed by atoms with Gasteiger partial charge in [-0.2, -0.15) is 5.10 Å². The maximum Gasteiger partial charge on any atom is 0.492 e. The highest BCUT2D eigenvalue weighted by atomic mass is 16.7. The average Bonchev–Trinajstić information content (AvgIpc) is 3.55. The molecule has 1 saturated heterocycles. The van der Waals surface area contributed by atoms with E-state index in [4.69, 9.17) is 14.0 Å². The van der Waals surface area contributed by atoms with Crippen molar-refractivity contribution in [2.45, 2.75) is 44.8 Å². The summed E-state index contributed by atoms with van der Waals surface area (Å²) in [6.07, 6.45) is 2.43. The number of nitrogens with one attached hydrogen (secondary N) is 3. The molecular formula is C29H30BN5O5. The molecule has 3 N–H and O–H groups in total. The summed E-state index contributed by atoms with van der Waals surface area (Å²) in [4.78, 5) is 32.1. The number of amides is 1. The summed E-state index contributed by atoms with van der Waals surface area (Å²) in [5, 5.41) is 10.1. The number of rotatable bonds is 6. The van der Waals surface area contributed by atoms with E-state index in [0.29, 0.717) is 16.6 Å². The van der Waals surface area contributed by atoms with E-state index in [1.54, 1.807) is 6.08 Å². The Morgan fingerprint density at radius 1 is 1.05 bits per heavy atom. The zero-order chi connectivity index (χ0) is 28.1. The second kappa shape index (κ2) is 9.76. The lowest BCUT2D eigenvalue weighted by Gasteiger charge is -2.32. The number of H-pyrrole nitrogens is 2. The van der Waals surface area contributed by atoms with Crippen LogP contribution in [0.1, 0.15) is 50.4 Å². The number of ether oxygens (including phenoxy) is 1. The van der Waals surface area contributed by atoms with Crippen molar-refractivity contribution in [2.24, 2.45) is 0 Å². The molecule has 10 nitrogen and oxygen atoms in total. The Morgan fingerprint density at radius 3 is 2.33 bits per heavy atom. The van der Waals surface area contributed by atoms with Crippen molar-refractivity contribution < 1.29 is 18.8 Å². The summed E-state index contributed by atoms with van der Waals surface area (Å²) < 4.78 is 18.2. The SMILES string of the molecule is CC1(C)OB(C(=Cc2[nH]nc3nc[nH]c(=O)c23)CNC(=O)OCC2c3ccccc3-c3ccccc32)OC1(C)C. The van der Waals surface area contributed by atoms with Gasteiger partial charge in [-0.15, -0.1) is 0 Å². The topological polar surface area (TPSA) is 131 Å². The molecule has 0 saturated carbocycles. The number of carbonyl (C=O) groups excluding carboxylic acids is 1. The van der Waals surface area contributed by atoms with Crippen LogP contribution in [-0.4, -0.2) is 57.7 Å². The zero-order valence-corrected chi connectivity index (χ0v) is 22.8. The van der Waals surface area contributed by atoms with Crippen LogP contribution in [0.15, 0.2) is 65.1 Å². The summed E-state index contributed by atoms with van der Waals surface area (Å²) in [5.41, 5.74) is 4.37. The average molecular weight is 539 g/mol. The van der Waals surface area contributed by atoms with Gasteiger partial charge in [0.1, 0.15) is 12.0 Å². The number of fused-ring (bicyclic) bond motifs is 4. The van der Waals surface area contributed by atoms with Crippen LogP contribution in [0, 0.1) is 0 Å². The molecule has 4 aromatic rings. The molecule has 2 aromatic heterocycles. The maximum atomic E-state index is 12.9. The molecule has 11 heteroatoms. The van der Waals surface area contributed by atoms with Crippen LogP contribution < -0.4 is 10.9 Å². The van der Waals surface area contributed by atoms with E-state index < -0.39 is 24.4 Å². The van der Waals surface area contributed by atoms with E-state index >= 15 is 0 Å². The molecule has 2 aromatic carbocycles. The molecule has 1 aliphatic heterocycles. The van der Waals surface area contributed by atoms with E-state index in [1.165, 1.54) is 6.33 Å². The lowest BCUT2D eigenvalue weighted by atomic mass is 9.77. The first kappa shape index (κ1) is 26.0. The molecule has 1 fully saturated rings. The highest BCUT2D eigenvalue weighted by Gasteiger charge is 2.52. The third-order valence-corrected chi connectivity index (χ3v) is 8.05. The minimum absolute atomic E-state index is 0.0492. The van der Waals surface area contributed by atoms with Gasteiger partial charge in [0.15, 0.2) is 5.65 Å². The highest BCUT2D eigenvalue weighted by molar-refractivity contribution is 6.56. The van der Waals surface area contributed by atoms with Crippen LogP contribution in [0.5, 0.6) is 0 Å². The van der Waals surface area contributed by atoms with Crippen molar-refractivity contribution in [3.05, 3.63) is 87.5 Å². The minimum atomic E-state index is -0.770. The van der Waals surface area contributed by atoms with Crippen LogP contribution >= 0.6 is 0 Å². The van der Waals surface area contributed by atoms with Crippen LogP contribution in [0.3, 0.4) is 0 Å². The Morgan fingerprint density at radius 2 is 1.68 bits per heavy atom. The predicted molar refractivity (Wildman–Crippen MR) is 152 cm³/mol. The predicted octanol–water partition coefficient (Wildman–Crippen LogP) is 4.20. The first-order chi connectivity index (χ1) is 19.1. The number of aromatic nitrogens is 4. The monoisotopic (exact) mass is 539 g/mol. The Kier molecular flexibility index (Phi) is 6.35. The molecule has 0 bridgehead atoms. The molecule has 0 atom stereocenters. The third-order valence-electron chi connectivity index (χ3n) is 8.05. The van der Waals surface area contributed by atoms with Crippen LogP contribution in [-0.2, 0) is 14.0 Å². The van der Waals surface area contributed by atoms with Gasteiger partial charge in [-0.3, -0.25) is 9.89 Å². The van der Waals surface area contributed by atoms with Gasteiger partial charge in [-0.25, -0.2) is 9.78 Å². The molecular weight excluding hydrogens is 509 g/mol. The number of nitrogens with zero attached hydrogens (tertiary/aromatic N) is 2. The van der Waals surface area contributed by atoms with Crippen LogP contribution in [0.25, 0.3) is 28.2 Å². The van der Waals surface area contributed by atoms with E-state index in [0.717, 1.165) is 22.3 Å². The van der Waals surface area contributed by atoms with Crippen molar-refractivity contribution in [1.29, 1.82) is 0 Å². The number of aromatic amines is 2. The second-order valence-corrected chi connectivity index (χ2v) is 11.1. The molecule has 0 radical (unpaired) electrons. The second-order valence-electron chi connectivity index (χ2n) is 11.1. The first-order valence-electron chi connectivity index (χ1n) is 13.2. The summed E-state index contributed by atoms with van der Waals surface area (Å²) in [6, 6.07) is 16.4. The maximum absolute atomic E-state index is 12.9. The van der Waals surface area contributed by atoms with Gasteiger partial charge < -0.3 is 24.3 Å². The van der Waals surface area contributed by atoms with Crippen molar-refractivity contribution >= 4 is 30.3 Å². The lowest BCUT2D eigenvalue weighted by molar-refractivity contribution is 0.00578. The van der Waals surface area contributed by atoms with Gasteiger partial charge in [-0.1, -0.05) is 48.5 Å². The fourth-order valence-electron chi connectivity index (χ4n) is 5.20. The molecule has 3 heterocycles. The fraction of sp³-hybridized carbons (Fsp3) is 0.310. The van der Waals surface area contributed by atoms with E-state index in [2.05, 4.69) is 49.7 Å². The Balaban J connectivity index is 1.21. The Hall–Kier alpha value is -4.22. The van der Waals surface area contributed by atoms with Crippen LogP contribution in [0.4, 0.5) is 4.79 Å².